The maximum absolute atomic E-state index is 8.77. The number of rotatable bonds is 8. The Balaban J connectivity index is 0. The average molecular weight is 222 g/mol. The summed E-state index contributed by atoms with van der Waals surface area (Å²) in [6.07, 6.45) is 6.99. The Morgan fingerprint density at radius 3 is 2.15 bits per heavy atom. The van der Waals surface area contributed by atoms with E-state index in [2.05, 4.69) is 6.92 Å². The molecule has 1 unspecified atom stereocenters. The second-order valence-corrected chi connectivity index (χ2v) is 3.24. The van der Waals surface area contributed by atoms with E-state index in [0.29, 0.717) is 6.61 Å². The van der Waals surface area contributed by atoms with Crippen molar-refractivity contribution in [3.8, 4) is 0 Å². The monoisotopic (exact) mass is 222 g/mol. The van der Waals surface area contributed by atoms with Gasteiger partial charge >= 0.3 is 0 Å². The van der Waals surface area contributed by atoms with E-state index in [1.807, 2.05) is 0 Å². The Kier molecular flexibility index (Phi) is 15.6. The number of aliphatic hydroxyl groups is 1. The molecule has 0 aromatic rings. The molecular weight excluding hydrogens is 200 g/mol. The van der Waals surface area contributed by atoms with Gasteiger partial charge in [-0.3, -0.25) is 0 Å². The van der Waals surface area contributed by atoms with E-state index in [4.69, 9.17) is 9.84 Å². The van der Waals surface area contributed by atoms with Gasteiger partial charge < -0.3 is 9.84 Å². The molecule has 0 aromatic heterocycles. The molecular formula is C10H22O2Ti. The summed E-state index contributed by atoms with van der Waals surface area (Å²) in [6.45, 7) is 4.57. The van der Waals surface area contributed by atoms with Gasteiger partial charge in [-0.1, -0.05) is 39.0 Å². The van der Waals surface area contributed by atoms with Crippen LogP contribution in [0.3, 0.4) is 0 Å². The van der Waals surface area contributed by atoms with Gasteiger partial charge in [0.1, 0.15) is 0 Å². The zero-order valence-corrected chi connectivity index (χ0v) is 10.4. The van der Waals surface area contributed by atoms with Gasteiger partial charge in [-0.05, 0) is 13.3 Å². The number of hydrogen-bond donors (Lipinski definition) is 1. The predicted octanol–water partition coefficient (Wildman–Crippen LogP) is 2.70. The van der Waals surface area contributed by atoms with Crippen LogP contribution in [0.15, 0.2) is 0 Å². The van der Waals surface area contributed by atoms with Gasteiger partial charge in [0.2, 0.25) is 0 Å². The van der Waals surface area contributed by atoms with E-state index in [-0.39, 0.29) is 21.7 Å². The molecule has 0 amide bonds. The van der Waals surface area contributed by atoms with Crippen LogP contribution in [-0.4, -0.2) is 18.0 Å². The first-order valence-electron chi connectivity index (χ1n) is 5.07. The Labute approximate surface area is 96.9 Å². The fourth-order valence-corrected chi connectivity index (χ4v) is 1.14. The van der Waals surface area contributed by atoms with Crippen molar-refractivity contribution in [1.82, 2.24) is 0 Å². The zero-order valence-electron chi connectivity index (χ0n) is 8.88. The Morgan fingerprint density at radius 1 is 1.08 bits per heavy atom. The normalized spacial score (nSPS) is 12.2. The zero-order chi connectivity index (χ0) is 9.23. The molecule has 1 N–H and O–H groups in total. The van der Waals surface area contributed by atoms with Gasteiger partial charge in [-0.25, -0.2) is 0 Å². The molecule has 0 bridgehead atoms. The van der Waals surface area contributed by atoms with Crippen molar-refractivity contribution in [2.24, 2.45) is 0 Å². The molecule has 2 nitrogen and oxygen atoms in total. The minimum atomic E-state index is -0.597. The molecule has 0 radical (unpaired) electrons. The van der Waals surface area contributed by atoms with Crippen LogP contribution in [0.4, 0.5) is 0 Å². The number of ether oxygens (including phenoxy) is 1. The molecule has 0 saturated heterocycles. The average Bonchev–Trinajstić information content (AvgIpc) is 2.02. The summed E-state index contributed by atoms with van der Waals surface area (Å²) < 4.78 is 5.00. The van der Waals surface area contributed by atoms with Gasteiger partial charge in [0, 0.05) is 28.3 Å². The van der Waals surface area contributed by atoms with Crippen LogP contribution in [0.5, 0.6) is 0 Å². The molecule has 78 valence electrons. The largest absolute Gasteiger partial charge is 0.368 e. The van der Waals surface area contributed by atoms with Crippen molar-refractivity contribution >= 4 is 0 Å². The topological polar surface area (TPSA) is 29.5 Å². The van der Waals surface area contributed by atoms with E-state index in [0.717, 1.165) is 6.42 Å². The maximum Gasteiger partial charge on any atom is 0.151 e. The summed E-state index contributed by atoms with van der Waals surface area (Å²) in [5.74, 6) is 0. The van der Waals surface area contributed by atoms with Gasteiger partial charge in [0.15, 0.2) is 6.29 Å². The quantitative estimate of drug-likeness (QED) is 0.388. The number of unbranched alkanes of at least 4 members (excludes halogenated alkanes) is 5. The van der Waals surface area contributed by atoms with Crippen LogP contribution in [0.25, 0.3) is 0 Å². The van der Waals surface area contributed by atoms with Crippen LogP contribution in [0, 0.1) is 0 Å². The molecule has 0 aliphatic heterocycles. The third-order valence-corrected chi connectivity index (χ3v) is 1.86. The van der Waals surface area contributed by atoms with E-state index >= 15 is 0 Å². The fraction of sp³-hybridized carbons (Fsp3) is 1.00. The van der Waals surface area contributed by atoms with Crippen molar-refractivity contribution in [1.29, 1.82) is 0 Å². The summed E-state index contributed by atoms with van der Waals surface area (Å²) in [6, 6.07) is 0. The Hall–Kier alpha value is 0.634. The first kappa shape index (κ1) is 16.1. The molecule has 0 heterocycles. The van der Waals surface area contributed by atoms with Crippen molar-refractivity contribution in [2.75, 3.05) is 6.61 Å². The van der Waals surface area contributed by atoms with E-state index in [1.165, 1.54) is 32.1 Å². The number of hydrogen-bond acceptors (Lipinski definition) is 2. The SMILES string of the molecule is CCCCCCCCOC(C)O.[Ti]. The molecule has 3 heteroatoms. The third kappa shape index (κ3) is 15.4. The summed E-state index contributed by atoms with van der Waals surface area (Å²) >= 11 is 0. The number of aliphatic hydroxyl groups excluding tert-OH is 1. The molecule has 0 spiro atoms. The molecule has 0 aromatic carbocycles. The van der Waals surface area contributed by atoms with Crippen molar-refractivity contribution in [3.63, 3.8) is 0 Å². The molecule has 0 aliphatic carbocycles. The first-order chi connectivity index (χ1) is 5.77. The van der Waals surface area contributed by atoms with Crippen LogP contribution in [-0.2, 0) is 26.5 Å². The van der Waals surface area contributed by atoms with Crippen LogP contribution < -0.4 is 0 Å². The molecule has 13 heavy (non-hydrogen) atoms. The van der Waals surface area contributed by atoms with Crippen molar-refractivity contribution in [3.05, 3.63) is 0 Å². The summed E-state index contributed by atoms with van der Waals surface area (Å²) in [5, 5.41) is 8.77. The maximum atomic E-state index is 8.77. The summed E-state index contributed by atoms with van der Waals surface area (Å²) in [7, 11) is 0. The van der Waals surface area contributed by atoms with Gasteiger partial charge in [0.05, 0.1) is 0 Å². The van der Waals surface area contributed by atoms with Crippen LogP contribution in [0.1, 0.15) is 52.4 Å². The second-order valence-electron chi connectivity index (χ2n) is 3.24. The van der Waals surface area contributed by atoms with E-state index < -0.39 is 6.29 Å². The predicted molar refractivity (Wildman–Crippen MR) is 51.0 cm³/mol. The summed E-state index contributed by atoms with van der Waals surface area (Å²) in [5.41, 5.74) is 0. The standard InChI is InChI=1S/C10H22O2.Ti/c1-3-4-5-6-7-8-9-12-10(2)11;/h10-11H,3-9H2,1-2H3;. The van der Waals surface area contributed by atoms with Crippen molar-refractivity contribution < 1.29 is 31.6 Å². The van der Waals surface area contributed by atoms with E-state index in [1.54, 1.807) is 6.92 Å². The summed E-state index contributed by atoms with van der Waals surface area (Å²) in [4.78, 5) is 0. The molecule has 1 atom stereocenters. The third-order valence-electron chi connectivity index (χ3n) is 1.86. The Bertz CT molecular complexity index is 87.0. The van der Waals surface area contributed by atoms with Gasteiger partial charge in [-0.2, -0.15) is 0 Å². The first-order valence-corrected chi connectivity index (χ1v) is 5.07. The molecule has 0 fully saturated rings. The van der Waals surface area contributed by atoms with E-state index in [9.17, 15) is 0 Å². The molecule has 0 aliphatic rings. The van der Waals surface area contributed by atoms with Gasteiger partial charge in [0.25, 0.3) is 0 Å². The van der Waals surface area contributed by atoms with Gasteiger partial charge in [-0.15, -0.1) is 0 Å². The smallest absolute Gasteiger partial charge is 0.151 e. The van der Waals surface area contributed by atoms with Crippen molar-refractivity contribution in [2.45, 2.75) is 58.7 Å². The minimum Gasteiger partial charge on any atom is -0.368 e. The molecule has 0 saturated carbocycles. The minimum absolute atomic E-state index is 0. The molecule has 0 rings (SSSR count). The second kappa shape index (κ2) is 12.6. The fourth-order valence-electron chi connectivity index (χ4n) is 1.14. The van der Waals surface area contributed by atoms with Crippen LogP contribution >= 0.6 is 0 Å². The Morgan fingerprint density at radius 2 is 1.62 bits per heavy atom. The van der Waals surface area contributed by atoms with Crippen LogP contribution in [0.2, 0.25) is 0 Å².